The molecule has 0 bridgehead atoms. The second-order valence-corrected chi connectivity index (χ2v) is 3.25. The van der Waals surface area contributed by atoms with Crippen LogP contribution >= 0.6 is 11.3 Å². The van der Waals surface area contributed by atoms with Crippen LogP contribution in [0.2, 0.25) is 0 Å². The van der Waals surface area contributed by atoms with Gasteiger partial charge in [-0.2, -0.15) is 0 Å². The topological polar surface area (TPSA) is 79.3 Å². The summed E-state index contributed by atoms with van der Waals surface area (Å²) >= 11 is 1.05. The number of aromatic nitrogens is 1. The Morgan fingerprint density at radius 2 is 2.54 bits per heavy atom. The van der Waals surface area contributed by atoms with Crippen molar-refractivity contribution < 1.29 is 14.7 Å². The maximum atomic E-state index is 10.5. The fraction of sp³-hybridized carbons (Fsp3) is 0.286. The number of hydrogen-bond acceptors (Lipinski definition) is 4. The highest BCUT2D eigenvalue weighted by Gasteiger charge is 2.12. The molecule has 0 aliphatic rings. The highest BCUT2D eigenvalue weighted by Crippen LogP contribution is 2.15. The van der Waals surface area contributed by atoms with Gasteiger partial charge in [-0.05, 0) is 6.92 Å². The molecule has 1 amide bonds. The zero-order valence-corrected chi connectivity index (χ0v) is 7.67. The zero-order valence-electron chi connectivity index (χ0n) is 6.85. The lowest BCUT2D eigenvalue weighted by Crippen LogP contribution is -2.16. The maximum absolute atomic E-state index is 10.5. The molecule has 0 aliphatic carbocycles. The number of carboxylic acids is 1. The monoisotopic (exact) mass is 200 g/mol. The number of carboxylic acid groups (broad SMARTS) is 1. The Bertz CT molecular complexity index is 323. The lowest BCUT2D eigenvalue weighted by atomic mass is 10.3. The minimum atomic E-state index is -1.05. The maximum Gasteiger partial charge on any atom is 0.365 e. The smallest absolute Gasteiger partial charge is 0.365 e. The van der Waals surface area contributed by atoms with Crippen LogP contribution in [-0.2, 0) is 4.79 Å². The first-order valence-corrected chi connectivity index (χ1v) is 4.41. The minimum absolute atomic E-state index is 0.0366. The predicted molar refractivity (Wildman–Crippen MR) is 46.7 cm³/mol. The van der Waals surface area contributed by atoms with Crippen molar-refractivity contribution in [1.29, 1.82) is 0 Å². The number of thiazole rings is 1. The molecule has 1 heterocycles. The number of carbonyl (C=O) groups excluding carboxylic acids is 1. The molecular formula is C7H8N2O3S. The van der Waals surface area contributed by atoms with Crippen LogP contribution in [0.1, 0.15) is 28.5 Å². The minimum Gasteiger partial charge on any atom is -0.476 e. The summed E-state index contributed by atoms with van der Waals surface area (Å²) in [4.78, 5) is 24.4. The van der Waals surface area contributed by atoms with E-state index in [0.717, 1.165) is 11.3 Å². The van der Waals surface area contributed by atoms with Crippen molar-refractivity contribution in [2.24, 2.45) is 0 Å². The predicted octanol–water partition coefficient (Wildman–Crippen LogP) is 0.648. The van der Waals surface area contributed by atoms with Gasteiger partial charge < -0.3 is 10.4 Å². The number of amides is 1. The van der Waals surface area contributed by atoms with E-state index in [-0.39, 0.29) is 11.0 Å². The van der Waals surface area contributed by atoms with Crippen LogP contribution in [0.3, 0.4) is 0 Å². The largest absolute Gasteiger partial charge is 0.476 e. The lowest BCUT2D eigenvalue weighted by molar-refractivity contribution is -0.110. The van der Waals surface area contributed by atoms with Crippen molar-refractivity contribution in [3.63, 3.8) is 0 Å². The Labute approximate surface area is 78.4 Å². The van der Waals surface area contributed by atoms with Crippen molar-refractivity contribution in [2.75, 3.05) is 0 Å². The normalized spacial score (nSPS) is 12.1. The Balaban J connectivity index is 2.78. The Hall–Kier alpha value is -1.43. The molecule has 0 saturated carbocycles. The third kappa shape index (κ3) is 2.25. The van der Waals surface area contributed by atoms with Crippen LogP contribution in [0.15, 0.2) is 5.38 Å². The van der Waals surface area contributed by atoms with Crippen molar-refractivity contribution in [1.82, 2.24) is 10.3 Å². The molecule has 0 aromatic carbocycles. The van der Waals surface area contributed by atoms with Crippen molar-refractivity contribution >= 4 is 23.7 Å². The first-order chi connectivity index (χ1) is 6.15. The summed E-state index contributed by atoms with van der Waals surface area (Å²) in [5.74, 6) is -1.05. The number of aromatic carboxylic acids is 1. The number of nitrogens with one attached hydrogen (secondary N) is 1. The van der Waals surface area contributed by atoms with Crippen molar-refractivity contribution in [3.05, 3.63) is 16.1 Å². The molecule has 0 fully saturated rings. The lowest BCUT2D eigenvalue weighted by Gasteiger charge is -2.04. The summed E-state index contributed by atoms with van der Waals surface area (Å²) in [7, 11) is 0. The standard InChI is InChI=1S/C7H8N2O3S/c1-4(8-3-10)5-2-13-6(9-5)7(11)12/h2-4H,1H3,(H,8,10)(H,11,12). The highest BCUT2D eigenvalue weighted by atomic mass is 32.1. The van der Waals surface area contributed by atoms with Gasteiger partial charge in [0.1, 0.15) is 0 Å². The van der Waals surface area contributed by atoms with Crippen molar-refractivity contribution in [2.45, 2.75) is 13.0 Å². The first kappa shape index (κ1) is 9.66. The first-order valence-electron chi connectivity index (χ1n) is 3.53. The molecule has 6 heteroatoms. The fourth-order valence-corrected chi connectivity index (χ4v) is 1.52. The van der Waals surface area contributed by atoms with Gasteiger partial charge in [0.05, 0.1) is 11.7 Å². The van der Waals surface area contributed by atoms with Gasteiger partial charge in [-0.3, -0.25) is 4.79 Å². The highest BCUT2D eigenvalue weighted by molar-refractivity contribution is 7.11. The summed E-state index contributed by atoms with van der Waals surface area (Å²) in [6.07, 6.45) is 0.560. The fourth-order valence-electron chi connectivity index (χ4n) is 0.771. The van der Waals surface area contributed by atoms with Crippen LogP contribution in [0.25, 0.3) is 0 Å². The second-order valence-electron chi connectivity index (χ2n) is 2.39. The molecule has 1 aromatic heterocycles. The Morgan fingerprint density at radius 3 is 3.00 bits per heavy atom. The average Bonchev–Trinajstić information content (AvgIpc) is 2.52. The molecule has 0 aliphatic heterocycles. The molecule has 1 rings (SSSR count). The molecule has 0 saturated heterocycles. The summed E-state index contributed by atoms with van der Waals surface area (Å²) in [6, 6.07) is -0.248. The molecule has 2 N–H and O–H groups in total. The SMILES string of the molecule is CC(NC=O)c1csc(C(=O)O)n1. The average molecular weight is 200 g/mol. The van der Waals surface area contributed by atoms with Crippen LogP contribution < -0.4 is 5.32 Å². The molecule has 1 atom stereocenters. The van der Waals surface area contributed by atoms with E-state index >= 15 is 0 Å². The van der Waals surface area contributed by atoms with Crippen molar-refractivity contribution in [3.8, 4) is 0 Å². The van der Waals surface area contributed by atoms with Gasteiger partial charge in [0, 0.05) is 5.38 Å². The van der Waals surface area contributed by atoms with Crippen LogP contribution in [-0.4, -0.2) is 22.5 Å². The number of hydrogen-bond donors (Lipinski definition) is 2. The zero-order chi connectivity index (χ0) is 9.84. The molecule has 1 aromatic rings. The van der Waals surface area contributed by atoms with Gasteiger partial charge in [-0.25, -0.2) is 9.78 Å². The number of nitrogens with zero attached hydrogens (tertiary/aromatic N) is 1. The Morgan fingerprint density at radius 1 is 1.85 bits per heavy atom. The van der Waals surface area contributed by atoms with Gasteiger partial charge in [-0.1, -0.05) is 0 Å². The van der Waals surface area contributed by atoms with Gasteiger partial charge in [-0.15, -0.1) is 11.3 Å². The van der Waals surface area contributed by atoms with E-state index in [1.165, 1.54) is 0 Å². The van der Waals surface area contributed by atoms with Crippen LogP contribution in [0, 0.1) is 0 Å². The van der Waals surface area contributed by atoms with E-state index in [2.05, 4.69) is 10.3 Å². The summed E-state index contributed by atoms with van der Waals surface area (Å²) in [5, 5.41) is 12.7. The number of rotatable bonds is 4. The van der Waals surface area contributed by atoms with Gasteiger partial charge >= 0.3 is 5.97 Å². The number of carbonyl (C=O) groups is 2. The summed E-state index contributed by atoms with van der Waals surface area (Å²) in [6.45, 7) is 1.73. The van der Waals surface area contributed by atoms with E-state index in [4.69, 9.17) is 5.11 Å². The third-order valence-electron chi connectivity index (χ3n) is 1.47. The van der Waals surface area contributed by atoms with Gasteiger partial charge in [0.2, 0.25) is 11.4 Å². The van der Waals surface area contributed by atoms with E-state index in [1.807, 2.05) is 0 Å². The molecule has 13 heavy (non-hydrogen) atoms. The molecule has 1 unspecified atom stereocenters. The molecule has 0 spiro atoms. The molecule has 5 nitrogen and oxygen atoms in total. The molecule has 0 radical (unpaired) electrons. The van der Waals surface area contributed by atoms with Crippen LogP contribution in [0.5, 0.6) is 0 Å². The van der Waals surface area contributed by atoms with E-state index in [1.54, 1.807) is 12.3 Å². The van der Waals surface area contributed by atoms with Crippen LogP contribution in [0.4, 0.5) is 0 Å². The third-order valence-corrected chi connectivity index (χ3v) is 2.32. The molecular weight excluding hydrogens is 192 g/mol. The summed E-state index contributed by atoms with van der Waals surface area (Å²) < 4.78 is 0. The van der Waals surface area contributed by atoms with E-state index in [0.29, 0.717) is 12.1 Å². The van der Waals surface area contributed by atoms with Gasteiger partial charge in [0.15, 0.2) is 0 Å². The second kappa shape index (κ2) is 3.99. The quantitative estimate of drug-likeness (QED) is 0.699. The van der Waals surface area contributed by atoms with E-state index in [9.17, 15) is 9.59 Å². The van der Waals surface area contributed by atoms with E-state index < -0.39 is 5.97 Å². The molecule has 70 valence electrons. The van der Waals surface area contributed by atoms with Gasteiger partial charge in [0.25, 0.3) is 0 Å². The Kier molecular flexibility index (Phi) is 2.97. The summed E-state index contributed by atoms with van der Waals surface area (Å²) in [5.41, 5.74) is 0.564.